The van der Waals surface area contributed by atoms with Gasteiger partial charge < -0.3 is 10.3 Å². The number of nitrogens with two attached hydrogens (primary N) is 1. The van der Waals surface area contributed by atoms with E-state index >= 15 is 0 Å². The Labute approximate surface area is 96.1 Å². The molecule has 1 aliphatic rings. The second-order valence-corrected chi connectivity index (χ2v) is 5.31. The minimum absolute atomic E-state index is 0.108. The molecule has 2 heteroatoms. The average Bonchev–Trinajstić information content (AvgIpc) is 2.88. The number of fused-ring (bicyclic) bond motifs is 1. The maximum Gasteiger partial charge on any atom is 0.0480 e. The normalized spacial score (nSPS) is 17.9. The predicted octanol–water partition coefficient (Wildman–Crippen LogP) is 2.52. The van der Waals surface area contributed by atoms with Crippen molar-refractivity contribution < 1.29 is 0 Å². The highest BCUT2D eigenvalue weighted by Crippen LogP contribution is 2.36. The summed E-state index contributed by atoms with van der Waals surface area (Å²) in [6, 6.07) is 6.73. The number of hydrogen-bond acceptors (Lipinski definition) is 1. The first kappa shape index (κ1) is 9.91. The zero-order chi connectivity index (χ0) is 11.3. The minimum atomic E-state index is 0.108. The molecule has 2 N–H and O–H groups in total. The van der Waals surface area contributed by atoms with Crippen LogP contribution in [0.15, 0.2) is 24.4 Å². The van der Waals surface area contributed by atoms with Crippen molar-refractivity contribution in [3.05, 3.63) is 35.5 Å². The first-order valence-electron chi connectivity index (χ1n) is 5.91. The summed E-state index contributed by atoms with van der Waals surface area (Å²) in [5.74, 6) is 0. The van der Waals surface area contributed by atoms with Crippen LogP contribution in [-0.4, -0.2) is 10.1 Å². The summed E-state index contributed by atoms with van der Waals surface area (Å²) < 4.78 is 2.18. The van der Waals surface area contributed by atoms with Gasteiger partial charge in [-0.05, 0) is 49.4 Å². The first-order valence-corrected chi connectivity index (χ1v) is 5.91. The van der Waals surface area contributed by atoms with Crippen molar-refractivity contribution in [2.24, 2.45) is 12.8 Å². The Morgan fingerprint density at radius 2 is 2.12 bits per heavy atom. The van der Waals surface area contributed by atoms with Crippen molar-refractivity contribution in [3.63, 3.8) is 0 Å². The van der Waals surface area contributed by atoms with Gasteiger partial charge in [-0.25, -0.2) is 0 Å². The lowest BCUT2D eigenvalue weighted by molar-refractivity contribution is 0.672. The van der Waals surface area contributed by atoms with E-state index in [4.69, 9.17) is 5.73 Å². The third-order valence-electron chi connectivity index (χ3n) is 3.70. The molecule has 0 radical (unpaired) electrons. The summed E-state index contributed by atoms with van der Waals surface area (Å²) >= 11 is 0. The second kappa shape index (κ2) is 3.11. The highest BCUT2D eigenvalue weighted by molar-refractivity contribution is 5.84. The van der Waals surface area contributed by atoms with Crippen molar-refractivity contribution >= 4 is 10.9 Å². The lowest BCUT2D eigenvalue weighted by Crippen LogP contribution is -2.24. The molecular formula is C14H18N2. The van der Waals surface area contributed by atoms with E-state index in [-0.39, 0.29) is 5.54 Å². The molecule has 0 saturated heterocycles. The molecule has 1 heterocycles. The van der Waals surface area contributed by atoms with E-state index < -0.39 is 0 Å². The highest BCUT2D eigenvalue weighted by Gasteiger charge is 2.37. The Bertz CT molecular complexity index is 547. The molecule has 0 aliphatic heterocycles. The number of rotatable bonds is 2. The van der Waals surface area contributed by atoms with Crippen LogP contribution in [0.1, 0.15) is 24.0 Å². The number of nitrogens with zero attached hydrogens (tertiary/aromatic N) is 1. The summed E-state index contributed by atoms with van der Waals surface area (Å²) in [5.41, 5.74) is 10.3. The Kier molecular flexibility index (Phi) is 1.93. The Morgan fingerprint density at radius 1 is 1.38 bits per heavy atom. The third-order valence-corrected chi connectivity index (χ3v) is 3.70. The fraction of sp³-hybridized carbons (Fsp3) is 0.429. The molecule has 0 unspecified atom stereocenters. The molecule has 84 valence electrons. The molecule has 2 aromatic rings. The van der Waals surface area contributed by atoms with Crippen LogP contribution in [0, 0.1) is 6.92 Å². The zero-order valence-electron chi connectivity index (χ0n) is 9.96. The number of hydrogen-bond donors (Lipinski definition) is 1. The third kappa shape index (κ3) is 1.54. The van der Waals surface area contributed by atoms with E-state index in [1.54, 1.807) is 0 Å². The molecule has 16 heavy (non-hydrogen) atoms. The Balaban J connectivity index is 2.04. The zero-order valence-corrected chi connectivity index (χ0v) is 9.96. The molecular weight excluding hydrogens is 196 g/mol. The van der Waals surface area contributed by atoms with Crippen LogP contribution in [0.2, 0.25) is 0 Å². The summed E-state index contributed by atoms with van der Waals surface area (Å²) in [6.07, 6.45) is 5.57. The molecule has 3 rings (SSSR count). The van der Waals surface area contributed by atoms with Gasteiger partial charge in [0, 0.05) is 29.7 Å². The fourth-order valence-electron chi connectivity index (χ4n) is 2.49. The quantitative estimate of drug-likeness (QED) is 0.818. The van der Waals surface area contributed by atoms with Gasteiger partial charge >= 0.3 is 0 Å². The fourth-order valence-corrected chi connectivity index (χ4v) is 2.49. The largest absolute Gasteiger partial charge is 0.350 e. The smallest absolute Gasteiger partial charge is 0.0480 e. The van der Waals surface area contributed by atoms with Gasteiger partial charge in [0.05, 0.1) is 0 Å². The van der Waals surface area contributed by atoms with E-state index in [1.165, 1.54) is 34.9 Å². The van der Waals surface area contributed by atoms with Crippen molar-refractivity contribution in [2.45, 2.75) is 31.7 Å². The number of benzene rings is 1. The van der Waals surface area contributed by atoms with Gasteiger partial charge in [0.15, 0.2) is 0 Å². The number of aryl methyl sites for hydroxylation is 2. The molecule has 0 amide bonds. The molecule has 1 aromatic heterocycles. The SMILES string of the molecule is Cc1cn(C)c2ccc(CC3(N)CC3)cc12. The lowest BCUT2D eigenvalue weighted by atomic mass is 10.0. The number of aromatic nitrogens is 1. The van der Waals surface area contributed by atoms with Crippen LogP contribution >= 0.6 is 0 Å². The molecule has 1 aliphatic carbocycles. The van der Waals surface area contributed by atoms with Crippen molar-refractivity contribution in [1.82, 2.24) is 4.57 Å². The van der Waals surface area contributed by atoms with Gasteiger partial charge in [0.2, 0.25) is 0 Å². The molecule has 1 saturated carbocycles. The van der Waals surface area contributed by atoms with Crippen LogP contribution in [0.25, 0.3) is 10.9 Å². The summed E-state index contributed by atoms with van der Waals surface area (Å²) in [4.78, 5) is 0. The lowest BCUT2D eigenvalue weighted by Gasteiger charge is -2.08. The van der Waals surface area contributed by atoms with E-state index in [0.29, 0.717) is 0 Å². The average molecular weight is 214 g/mol. The van der Waals surface area contributed by atoms with Gasteiger partial charge in [-0.3, -0.25) is 0 Å². The Morgan fingerprint density at radius 3 is 2.81 bits per heavy atom. The summed E-state index contributed by atoms with van der Waals surface area (Å²) in [7, 11) is 2.10. The highest BCUT2D eigenvalue weighted by atomic mass is 14.9. The van der Waals surface area contributed by atoms with Crippen LogP contribution in [0.3, 0.4) is 0 Å². The molecule has 1 aromatic carbocycles. The molecule has 0 spiro atoms. The van der Waals surface area contributed by atoms with Gasteiger partial charge in [-0.1, -0.05) is 6.07 Å². The van der Waals surface area contributed by atoms with E-state index in [0.717, 1.165) is 6.42 Å². The van der Waals surface area contributed by atoms with Crippen molar-refractivity contribution in [2.75, 3.05) is 0 Å². The van der Waals surface area contributed by atoms with E-state index in [1.807, 2.05) is 0 Å². The molecule has 0 bridgehead atoms. The van der Waals surface area contributed by atoms with Crippen LogP contribution < -0.4 is 5.73 Å². The van der Waals surface area contributed by atoms with E-state index in [9.17, 15) is 0 Å². The molecule has 1 fully saturated rings. The second-order valence-electron chi connectivity index (χ2n) is 5.31. The van der Waals surface area contributed by atoms with E-state index in [2.05, 4.69) is 42.9 Å². The topological polar surface area (TPSA) is 30.9 Å². The van der Waals surface area contributed by atoms with Gasteiger partial charge in [0.25, 0.3) is 0 Å². The maximum absolute atomic E-state index is 6.16. The van der Waals surface area contributed by atoms with Gasteiger partial charge in [-0.2, -0.15) is 0 Å². The molecule has 0 atom stereocenters. The Hall–Kier alpha value is -1.28. The van der Waals surface area contributed by atoms with Crippen molar-refractivity contribution in [1.29, 1.82) is 0 Å². The van der Waals surface area contributed by atoms with Crippen LogP contribution in [0.5, 0.6) is 0 Å². The summed E-state index contributed by atoms with van der Waals surface area (Å²) in [5, 5.41) is 1.37. The first-order chi connectivity index (χ1) is 7.57. The maximum atomic E-state index is 6.16. The molecule has 2 nitrogen and oxygen atoms in total. The van der Waals surface area contributed by atoms with Gasteiger partial charge in [0.1, 0.15) is 0 Å². The summed E-state index contributed by atoms with van der Waals surface area (Å²) in [6.45, 7) is 2.17. The standard InChI is InChI=1S/C14H18N2/c1-10-9-16(2)13-4-3-11(7-12(10)13)8-14(15)5-6-14/h3-4,7,9H,5-6,8,15H2,1-2H3. The van der Waals surface area contributed by atoms with Crippen LogP contribution in [0.4, 0.5) is 0 Å². The van der Waals surface area contributed by atoms with Crippen molar-refractivity contribution in [3.8, 4) is 0 Å². The monoisotopic (exact) mass is 214 g/mol. The minimum Gasteiger partial charge on any atom is -0.350 e. The predicted molar refractivity (Wildman–Crippen MR) is 67.5 cm³/mol. The van der Waals surface area contributed by atoms with Crippen LogP contribution in [-0.2, 0) is 13.5 Å². The van der Waals surface area contributed by atoms with Gasteiger partial charge in [-0.15, -0.1) is 0 Å².